The highest BCUT2D eigenvalue weighted by molar-refractivity contribution is 6.31. The maximum atomic E-state index is 5.98. The summed E-state index contributed by atoms with van der Waals surface area (Å²) < 4.78 is 0. The third kappa shape index (κ3) is 3.18. The number of nitrogens with two attached hydrogens (primary N) is 1. The minimum Gasteiger partial charge on any atom is -0.324 e. The highest BCUT2D eigenvalue weighted by Gasteiger charge is 2.12. The second kappa shape index (κ2) is 5.48. The lowest BCUT2D eigenvalue weighted by molar-refractivity contribution is 0.514. The molecule has 1 aromatic carbocycles. The van der Waals surface area contributed by atoms with Gasteiger partial charge in [-0.3, -0.25) is 0 Å². The first-order valence-corrected chi connectivity index (χ1v) is 4.50. The van der Waals surface area contributed by atoms with E-state index in [0.717, 1.165) is 10.6 Å². The smallest absolute Gasteiger partial charge is 0.0453 e. The van der Waals surface area contributed by atoms with Gasteiger partial charge in [0.05, 0.1) is 0 Å². The predicted octanol–water partition coefficient (Wildman–Crippen LogP) is 3.42. The first-order valence-electron chi connectivity index (χ1n) is 4.13. The van der Waals surface area contributed by atoms with E-state index < -0.39 is 0 Å². The zero-order valence-electron chi connectivity index (χ0n) is 7.83. The Morgan fingerprint density at radius 2 is 1.77 bits per heavy atom. The summed E-state index contributed by atoms with van der Waals surface area (Å²) in [5.41, 5.74) is 6.99. The Bertz CT molecular complexity index is 261. The van der Waals surface area contributed by atoms with Gasteiger partial charge in [0.25, 0.3) is 0 Å². The van der Waals surface area contributed by atoms with E-state index in [0.29, 0.717) is 5.92 Å². The van der Waals surface area contributed by atoms with E-state index in [-0.39, 0.29) is 18.4 Å². The maximum Gasteiger partial charge on any atom is 0.0453 e. The minimum atomic E-state index is 0. The molecular formula is C10H15Cl2N. The second-order valence-corrected chi connectivity index (χ2v) is 3.70. The van der Waals surface area contributed by atoms with Crippen LogP contribution in [-0.2, 0) is 0 Å². The first kappa shape index (κ1) is 12.8. The molecule has 0 amide bonds. The van der Waals surface area contributed by atoms with E-state index in [4.69, 9.17) is 17.3 Å². The Hall–Kier alpha value is -0.240. The van der Waals surface area contributed by atoms with Crippen molar-refractivity contribution in [3.8, 4) is 0 Å². The summed E-state index contributed by atoms with van der Waals surface area (Å²) in [6.45, 7) is 4.18. The normalized spacial score (nSPS) is 12.4. The molecule has 1 nitrogen and oxygen atoms in total. The van der Waals surface area contributed by atoms with Crippen molar-refractivity contribution >= 4 is 24.0 Å². The van der Waals surface area contributed by atoms with Gasteiger partial charge >= 0.3 is 0 Å². The molecule has 1 atom stereocenters. The zero-order valence-corrected chi connectivity index (χ0v) is 9.40. The summed E-state index contributed by atoms with van der Waals surface area (Å²) in [5, 5.41) is 0.763. The minimum absolute atomic E-state index is 0. The number of hydrogen-bond donors (Lipinski definition) is 1. The van der Waals surface area contributed by atoms with Gasteiger partial charge in [-0.05, 0) is 17.5 Å². The van der Waals surface area contributed by atoms with E-state index >= 15 is 0 Å². The van der Waals surface area contributed by atoms with Gasteiger partial charge in [0.2, 0.25) is 0 Å². The molecule has 0 bridgehead atoms. The van der Waals surface area contributed by atoms with Gasteiger partial charge in [-0.2, -0.15) is 0 Å². The Labute approximate surface area is 90.7 Å². The van der Waals surface area contributed by atoms with Gasteiger partial charge in [0.1, 0.15) is 0 Å². The van der Waals surface area contributed by atoms with Gasteiger partial charge in [0.15, 0.2) is 0 Å². The third-order valence-corrected chi connectivity index (χ3v) is 2.33. The summed E-state index contributed by atoms with van der Waals surface area (Å²) in [5.74, 6) is 0.421. The molecule has 0 aliphatic rings. The van der Waals surface area contributed by atoms with Gasteiger partial charge < -0.3 is 5.73 Å². The molecule has 0 heterocycles. The van der Waals surface area contributed by atoms with E-state index in [1.807, 2.05) is 24.3 Å². The lowest BCUT2D eigenvalue weighted by Gasteiger charge is -2.16. The van der Waals surface area contributed by atoms with Crippen molar-refractivity contribution in [1.29, 1.82) is 0 Å². The van der Waals surface area contributed by atoms with Crippen molar-refractivity contribution in [2.75, 3.05) is 0 Å². The van der Waals surface area contributed by atoms with E-state index in [2.05, 4.69) is 13.8 Å². The molecule has 74 valence electrons. The van der Waals surface area contributed by atoms with Crippen molar-refractivity contribution in [3.63, 3.8) is 0 Å². The highest BCUT2D eigenvalue weighted by Crippen LogP contribution is 2.25. The molecule has 3 heteroatoms. The Morgan fingerprint density at radius 3 is 2.23 bits per heavy atom. The second-order valence-electron chi connectivity index (χ2n) is 3.29. The van der Waals surface area contributed by atoms with Crippen LogP contribution in [0.1, 0.15) is 25.5 Å². The topological polar surface area (TPSA) is 26.0 Å². The molecule has 0 radical (unpaired) electrons. The van der Waals surface area contributed by atoms with Crippen LogP contribution in [-0.4, -0.2) is 0 Å². The summed E-state index contributed by atoms with van der Waals surface area (Å²) in [6.07, 6.45) is 0. The lowest BCUT2D eigenvalue weighted by Crippen LogP contribution is -2.16. The lowest BCUT2D eigenvalue weighted by atomic mass is 9.97. The van der Waals surface area contributed by atoms with Crippen molar-refractivity contribution in [2.24, 2.45) is 11.7 Å². The van der Waals surface area contributed by atoms with Crippen LogP contribution in [0.4, 0.5) is 0 Å². The quantitative estimate of drug-likeness (QED) is 0.811. The van der Waals surface area contributed by atoms with Crippen LogP contribution in [0.3, 0.4) is 0 Å². The fourth-order valence-electron chi connectivity index (χ4n) is 1.10. The molecule has 0 aliphatic carbocycles. The molecule has 0 saturated heterocycles. The van der Waals surface area contributed by atoms with E-state index in [9.17, 15) is 0 Å². The third-order valence-electron chi connectivity index (χ3n) is 1.98. The average molecular weight is 220 g/mol. The van der Waals surface area contributed by atoms with Crippen LogP contribution >= 0.6 is 24.0 Å². The van der Waals surface area contributed by atoms with Gasteiger partial charge in [-0.25, -0.2) is 0 Å². The monoisotopic (exact) mass is 219 g/mol. The summed E-state index contributed by atoms with van der Waals surface area (Å²) >= 11 is 5.98. The number of benzene rings is 1. The van der Waals surface area contributed by atoms with E-state index in [1.54, 1.807) is 0 Å². The van der Waals surface area contributed by atoms with Crippen LogP contribution in [0, 0.1) is 5.92 Å². The molecule has 1 aromatic rings. The fraction of sp³-hybridized carbons (Fsp3) is 0.400. The maximum absolute atomic E-state index is 5.98. The van der Waals surface area contributed by atoms with Gasteiger partial charge in [-0.15, -0.1) is 12.4 Å². The number of rotatable bonds is 2. The largest absolute Gasteiger partial charge is 0.324 e. The van der Waals surface area contributed by atoms with Crippen molar-refractivity contribution < 1.29 is 0 Å². The predicted molar refractivity (Wildman–Crippen MR) is 60.5 cm³/mol. The van der Waals surface area contributed by atoms with Crippen molar-refractivity contribution in [3.05, 3.63) is 34.9 Å². The number of halogens is 2. The van der Waals surface area contributed by atoms with E-state index in [1.165, 1.54) is 0 Å². The van der Waals surface area contributed by atoms with Crippen LogP contribution in [0.15, 0.2) is 24.3 Å². The molecule has 2 N–H and O–H groups in total. The Morgan fingerprint density at radius 1 is 1.23 bits per heavy atom. The average Bonchev–Trinajstić information content (AvgIpc) is 2.04. The summed E-state index contributed by atoms with van der Waals surface area (Å²) in [4.78, 5) is 0. The van der Waals surface area contributed by atoms with Crippen LogP contribution < -0.4 is 5.73 Å². The van der Waals surface area contributed by atoms with Crippen LogP contribution in [0.5, 0.6) is 0 Å². The highest BCUT2D eigenvalue weighted by atomic mass is 35.5. The SMILES string of the molecule is CC(C)C(N)c1ccccc1Cl.Cl. The first-order chi connectivity index (χ1) is 5.63. The Balaban J connectivity index is 0.00000144. The molecular weight excluding hydrogens is 205 g/mol. The number of hydrogen-bond acceptors (Lipinski definition) is 1. The summed E-state index contributed by atoms with van der Waals surface area (Å²) in [6, 6.07) is 7.77. The molecule has 13 heavy (non-hydrogen) atoms. The molecule has 1 unspecified atom stereocenters. The fourth-order valence-corrected chi connectivity index (χ4v) is 1.37. The molecule has 0 spiro atoms. The molecule has 0 fully saturated rings. The zero-order chi connectivity index (χ0) is 9.14. The van der Waals surface area contributed by atoms with Crippen LogP contribution in [0.25, 0.3) is 0 Å². The molecule has 0 saturated carbocycles. The van der Waals surface area contributed by atoms with Crippen molar-refractivity contribution in [2.45, 2.75) is 19.9 Å². The summed E-state index contributed by atoms with van der Waals surface area (Å²) in [7, 11) is 0. The van der Waals surface area contributed by atoms with Crippen molar-refractivity contribution in [1.82, 2.24) is 0 Å². The standard InChI is InChI=1S/C10H14ClN.ClH/c1-7(2)10(12)8-5-3-4-6-9(8)11;/h3-7,10H,12H2,1-2H3;1H. The Kier molecular flexibility index (Phi) is 5.38. The molecule has 0 aromatic heterocycles. The molecule has 1 rings (SSSR count). The molecule has 0 aliphatic heterocycles. The van der Waals surface area contributed by atoms with Crippen LogP contribution in [0.2, 0.25) is 5.02 Å². The van der Waals surface area contributed by atoms with Gasteiger partial charge in [0, 0.05) is 11.1 Å². The van der Waals surface area contributed by atoms with Gasteiger partial charge in [-0.1, -0.05) is 43.6 Å².